The van der Waals surface area contributed by atoms with Crippen molar-refractivity contribution >= 4 is 21.6 Å². The number of hydrogen-bond donors (Lipinski definition) is 0. The summed E-state index contributed by atoms with van der Waals surface area (Å²) in [5.74, 6) is -1.85. The van der Waals surface area contributed by atoms with E-state index in [2.05, 4.69) is 20.2 Å². The maximum absolute atomic E-state index is 14.5. The van der Waals surface area contributed by atoms with E-state index in [-0.39, 0.29) is 49.0 Å². The highest BCUT2D eigenvalue weighted by Crippen LogP contribution is 2.49. The summed E-state index contributed by atoms with van der Waals surface area (Å²) in [6.45, 7) is 4.45. The van der Waals surface area contributed by atoms with Crippen LogP contribution in [0, 0.1) is 25.5 Å². The first-order valence-electron chi connectivity index (χ1n) is 21.1. The van der Waals surface area contributed by atoms with Gasteiger partial charge in [-0.1, -0.05) is 49.9 Å². The Labute approximate surface area is 366 Å². The number of aromatic nitrogens is 6. The molecule has 0 spiro atoms. The van der Waals surface area contributed by atoms with Crippen LogP contribution in [0.3, 0.4) is 0 Å². The summed E-state index contributed by atoms with van der Waals surface area (Å²) in [7, 11) is 2.81. The summed E-state index contributed by atoms with van der Waals surface area (Å²) in [5.41, 5.74) is 3.44. The average molecular weight is 881 g/mol. The molecule has 0 radical (unpaired) electrons. The standard InChI is InChI=1S/C46H46F2N6O6S2/c1-29-23-31(55-37-13-5-3-11-35(37)47)19-21-33(29)45(57-39-15-7-8-16-40(39)58-45)25-53-43(49-27-51-53)61-62-44-50-28-52-54(44)26-46(59-41-17-9-10-18-42(41)60-46)34-22-20-32(24-30(34)2)56-38-14-6-4-12-36(38)48/h3-6,11-14,19-24,27-28,39-42H,7-10,15-18,25-26H2,1-2H3. The van der Waals surface area contributed by atoms with E-state index < -0.39 is 23.2 Å². The van der Waals surface area contributed by atoms with Gasteiger partial charge in [0.25, 0.3) is 0 Å². The molecule has 0 bridgehead atoms. The van der Waals surface area contributed by atoms with Gasteiger partial charge < -0.3 is 28.4 Å². The van der Waals surface area contributed by atoms with Gasteiger partial charge in [0.05, 0.1) is 24.4 Å². The highest BCUT2D eigenvalue weighted by atomic mass is 33.1. The Bertz CT molecular complexity index is 2360. The topological polar surface area (TPSA) is 117 Å². The molecule has 2 saturated carbocycles. The highest BCUT2D eigenvalue weighted by molar-refractivity contribution is 8.76. The number of aryl methyl sites for hydroxylation is 2. The van der Waals surface area contributed by atoms with Gasteiger partial charge in [0.2, 0.25) is 11.6 Å². The summed E-state index contributed by atoms with van der Waals surface area (Å²) >= 11 is 0. The number of nitrogens with zero attached hydrogens (tertiary/aromatic N) is 6. The van der Waals surface area contributed by atoms with E-state index in [9.17, 15) is 8.78 Å². The summed E-state index contributed by atoms with van der Waals surface area (Å²) in [6.07, 6.45) is 10.8. The minimum atomic E-state index is -1.15. The molecule has 2 saturated heterocycles. The first-order valence-corrected chi connectivity index (χ1v) is 23.3. The lowest BCUT2D eigenvalue weighted by Crippen LogP contribution is -2.35. The Morgan fingerprint density at radius 3 is 1.34 bits per heavy atom. The van der Waals surface area contributed by atoms with Crippen LogP contribution < -0.4 is 9.47 Å². The number of hydrogen-bond acceptors (Lipinski definition) is 12. The largest absolute Gasteiger partial charge is 0.454 e. The fraction of sp³-hybridized carbons (Fsp3) is 0.391. The van der Waals surface area contributed by atoms with E-state index >= 15 is 0 Å². The van der Waals surface area contributed by atoms with Crippen LogP contribution in [0.4, 0.5) is 8.78 Å². The Morgan fingerprint density at radius 1 is 0.581 bits per heavy atom. The molecule has 4 atom stereocenters. The van der Waals surface area contributed by atoms with Crippen LogP contribution in [-0.4, -0.2) is 53.9 Å². The van der Waals surface area contributed by atoms with E-state index in [1.807, 2.05) is 59.6 Å². The van der Waals surface area contributed by atoms with Gasteiger partial charge >= 0.3 is 0 Å². The van der Waals surface area contributed by atoms with Crippen LogP contribution in [0.2, 0.25) is 0 Å². The molecule has 4 fully saturated rings. The summed E-state index contributed by atoms with van der Waals surface area (Å²) < 4.78 is 72.1. The Hall–Kier alpha value is -4.84. The zero-order valence-corrected chi connectivity index (χ0v) is 36.0. The van der Waals surface area contributed by atoms with Gasteiger partial charge in [0.1, 0.15) is 37.2 Å². The van der Waals surface area contributed by atoms with Crippen LogP contribution >= 0.6 is 21.6 Å². The van der Waals surface area contributed by atoms with Crippen molar-refractivity contribution in [1.29, 1.82) is 0 Å². The van der Waals surface area contributed by atoms with Gasteiger partial charge in [0, 0.05) is 11.1 Å². The third kappa shape index (κ3) is 8.24. The SMILES string of the molecule is Cc1cc(Oc2ccccc2F)ccc1C1(Cn2ncnc2SSc2ncnn2CC2(c3ccc(Oc4ccccc4F)cc3C)OC3CCCCC3O2)OC2CCCCC2O1. The molecule has 12 nitrogen and oxygen atoms in total. The highest BCUT2D eigenvalue weighted by Gasteiger charge is 2.52. The lowest BCUT2D eigenvalue weighted by Gasteiger charge is -2.31. The van der Waals surface area contributed by atoms with Gasteiger partial charge in [-0.2, -0.15) is 10.2 Å². The van der Waals surface area contributed by atoms with Crippen molar-refractivity contribution < 1.29 is 37.2 Å². The summed E-state index contributed by atoms with van der Waals surface area (Å²) in [5, 5.41) is 10.6. The molecular weight excluding hydrogens is 835 g/mol. The van der Waals surface area contributed by atoms with Crippen molar-refractivity contribution in [2.24, 2.45) is 0 Å². The molecule has 16 heteroatoms. The van der Waals surface area contributed by atoms with Gasteiger partial charge in [0.15, 0.2) is 33.4 Å². The number of halogens is 2. The van der Waals surface area contributed by atoms with Crippen molar-refractivity contribution in [2.75, 3.05) is 0 Å². The van der Waals surface area contributed by atoms with Gasteiger partial charge in [-0.15, -0.1) is 0 Å². The number of rotatable bonds is 13. The van der Waals surface area contributed by atoms with E-state index in [0.29, 0.717) is 21.8 Å². The lowest BCUT2D eigenvalue weighted by molar-refractivity contribution is -0.197. The normalized spacial score (nSPS) is 25.7. The third-order valence-electron chi connectivity index (χ3n) is 12.1. The molecule has 6 aromatic rings. The fourth-order valence-corrected chi connectivity index (χ4v) is 11.1. The van der Waals surface area contributed by atoms with Crippen LogP contribution in [0.25, 0.3) is 0 Å². The zero-order valence-electron chi connectivity index (χ0n) is 34.3. The average Bonchev–Trinajstić information content (AvgIpc) is 4.07. The number of ether oxygens (including phenoxy) is 6. The molecule has 4 unspecified atom stereocenters. The molecule has 4 aliphatic rings. The Kier molecular flexibility index (Phi) is 11.5. The molecule has 62 heavy (non-hydrogen) atoms. The van der Waals surface area contributed by atoms with Crippen molar-refractivity contribution in [3.05, 3.63) is 131 Å². The quantitative estimate of drug-likeness (QED) is 0.103. The van der Waals surface area contributed by atoms with Crippen molar-refractivity contribution in [2.45, 2.75) is 125 Å². The minimum absolute atomic E-state index is 0.0551. The first kappa shape index (κ1) is 41.2. The number of benzene rings is 4. The molecule has 2 aromatic heterocycles. The molecular formula is C46H46F2N6O6S2. The number of para-hydroxylation sites is 2. The molecule has 2 aliphatic carbocycles. The van der Waals surface area contributed by atoms with E-state index in [0.717, 1.165) is 73.6 Å². The second-order valence-corrected chi connectivity index (χ2v) is 18.3. The van der Waals surface area contributed by atoms with Gasteiger partial charge in [-0.3, -0.25) is 0 Å². The van der Waals surface area contributed by atoms with Crippen LogP contribution in [0.5, 0.6) is 23.0 Å². The second-order valence-electron chi connectivity index (χ2n) is 16.3. The van der Waals surface area contributed by atoms with E-state index in [1.165, 1.54) is 46.4 Å². The molecule has 10 rings (SSSR count). The molecule has 2 aliphatic heterocycles. The Balaban J connectivity index is 0.894. The lowest BCUT2D eigenvalue weighted by atomic mass is 9.95. The van der Waals surface area contributed by atoms with E-state index in [1.54, 1.807) is 36.4 Å². The predicted octanol–water partition coefficient (Wildman–Crippen LogP) is 10.6. The van der Waals surface area contributed by atoms with Crippen molar-refractivity contribution in [3.63, 3.8) is 0 Å². The molecule has 4 aromatic carbocycles. The predicted molar refractivity (Wildman–Crippen MR) is 227 cm³/mol. The summed E-state index contributed by atoms with van der Waals surface area (Å²) in [4.78, 5) is 9.30. The maximum Gasteiger partial charge on any atom is 0.216 e. The molecule has 0 N–H and O–H groups in total. The third-order valence-corrected chi connectivity index (χ3v) is 14.2. The fourth-order valence-electron chi connectivity index (χ4n) is 9.16. The first-order chi connectivity index (χ1) is 30.2. The summed E-state index contributed by atoms with van der Waals surface area (Å²) in [6, 6.07) is 24.0. The van der Waals surface area contributed by atoms with Crippen LogP contribution in [0.15, 0.2) is 108 Å². The van der Waals surface area contributed by atoms with Gasteiger partial charge in [-0.25, -0.2) is 28.1 Å². The molecule has 0 amide bonds. The minimum Gasteiger partial charge on any atom is -0.454 e. The van der Waals surface area contributed by atoms with Gasteiger partial charge in [-0.05, 0) is 133 Å². The molecule has 4 heterocycles. The smallest absolute Gasteiger partial charge is 0.216 e. The van der Waals surface area contributed by atoms with Crippen LogP contribution in [-0.2, 0) is 43.6 Å². The van der Waals surface area contributed by atoms with Crippen molar-refractivity contribution in [1.82, 2.24) is 29.5 Å². The van der Waals surface area contributed by atoms with Crippen LogP contribution in [0.1, 0.15) is 73.6 Å². The maximum atomic E-state index is 14.5. The van der Waals surface area contributed by atoms with E-state index in [4.69, 9.17) is 28.4 Å². The second kappa shape index (κ2) is 17.4. The Morgan fingerprint density at radius 2 is 0.968 bits per heavy atom. The van der Waals surface area contributed by atoms with Crippen molar-refractivity contribution in [3.8, 4) is 23.0 Å². The monoisotopic (exact) mass is 880 g/mol. The molecule has 322 valence electrons. The number of fused-ring (bicyclic) bond motifs is 2. The zero-order chi connectivity index (χ0) is 42.3.